The van der Waals surface area contributed by atoms with Gasteiger partial charge in [-0.15, -0.1) is 0 Å². The van der Waals surface area contributed by atoms with Gasteiger partial charge in [0, 0.05) is 19.3 Å². The Bertz CT molecular complexity index is 233. The molecule has 1 unspecified atom stereocenters. The Morgan fingerprint density at radius 3 is 2.30 bits per heavy atom. The quantitative estimate of drug-likeness (QED) is 0.323. The molecule has 2 rings (SSSR count). The molecule has 3 N–H and O–H groups in total. The van der Waals surface area contributed by atoms with E-state index in [2.05, 4.69) is 5.43 Å². The van der Waals surface area contributed by atoms with Crippen LogP contribution in [0.25, 0.3) is 0 Å². The van der Waals surface area contributed by atoms with E-state index in [1.807, 2.05) is 0 Å². The number of nitrogens with two attached hydrogens (primary N) is 1. The average Bonchev–Trinajstić information content (AvgIpc) is 2.78. The number of hydrogen-bond donors (Lipinski definition) is 2. The van der Waals surface area contributed by atoms with Crippen LogP contribution in [0.1, 0.15) is 77.0 Å². The number of nitrogens with one attached hydrogen (secondary N) is 1. The lowest BCUT2D eigenvalue weighted by molar-refractivity contribution is 0.0630. The van der Waals surface area contributed by atoms with Crippen molar-refractivity contribution in [2.75, 3.05) is 13.2 Å². The van der Waals surface area contributed by atoms with Gasteiger partial charge in [0.15, 0.2) is 0 Å². The van der Waals surface area contributed by atoms with Crippen LogP contribution in [0.3, 0.4) is 0 Å². The van der Waals surface area contributed by atoms with Crippen molar-refractivity contribution in [3.05, 3.63) is 0 Å². The third-order valence-electron chi connectivity index (χ3n) is 5.40. The average molecular weight is 282 g/mol. The maximum Gasteiger partial charge on any atom is 0.0468 e. The fourth-order valence-corrected chi connectivity index (χ4v) is 4.00. The van der Waals surface area contributed by atoms with Crippen molar-refractivity contribution in [3.63, 3.8) is 0 Å². The summed E-state index contributed by atoms with van der Waals surface area (Å²) in [6.07, 6.45) is 16.4. The summed E-state index contributed by atoms with van der Waals surface area (Å²) in [6, 6.07) is 0.558. The Kier molecular flexibility index (Phi) is 7.92. The highest BCUT2D eigenvalue weighted by Crippen LogP contribution is 2.28. The third kappa shape index (κ3) is 5.71. The fourth-order valence-electron chi connectivity index (χ4n) is 4.00. The van der Waals surface area contributed by atoms with Crippen molar-refractivity contribution in [2.24, 2.45) is 17.7 Å². The Morgan fingerprint density at radius 1 is 0.950 bits per heavy atom. The maximum absolute atomic E-state index is 5.81. The van der Waals surface area contributed by atoms with E-state index in [9.17, 15) is 0 Å². The zero-order chi connectivity index (χ0) is 14.0. The molecule has 0 bridgehead atoms. The summed E-state index contributed by atoms with van der Waals surface area (Å²) in [4.78, 5) is 0. The van der Waals surface area contributed by atoms with E-state index in [0.717, 1.165) is 25.0 Å². The van der Waals surface area contributed by atoms with Crippen molar-refractivity contribution < 1.29 is 4.74 Å². The summed E-state index contributed by atoms with van der Waals surface area (Å²) in [7, 11) is 0. The molecule has 2 aliphatic rings. The molecule has 118 valence electrons. The first-order chi connectivity index (χ1) is 9.90. The first-order valence-electron chi connectivity index (χ1n) is 8.94. The van der Waals surface area contributed by atoms with Crippen LogP contribution in [0, 0.1) is 11.8 Å². The molecule has 0 spiro atoms. The lowest BCUT2D eigenvalue weighted by Crippen LogP contribution is -2.40. The molecule has 1 aliphatic heterocycles. The van der Waals surface area contributed by atoms with E-state index in [4.69, 9.17) is 10.6 Å². The molecule has 1 heterocycles. The molecule has 2 fully saturated rings. The van der Waals surface area contributed by atoms with E-state index >= 15 is 0 Å². The Balaban J connectivity index is 1.60. The van der Waals surface area contributed by atoms with Gasteiger partial charge in [-0.3, -0.25) is 11.3 Å². The smallest absolute Gasteiger partial charge is 0.0468 e. The summed E-state index contributed by atoms with van der Waals surface area (Å²) in [5.74, 6) is 7.56. The molecule has 1 saturated carbocycles. The van der Waals surface area contributed by atoms with Crippen molar-refractivity contribution in [1.29, 1.82) is 0 Å². The molecule has 3 heteroatoms. The predicted molar refractivity (Wildman–Crippen MR) is 84.3 cm³/mol. The minimum Gasteiger partial charge on any atom is -0.381 e. The van der Waals surface area contributed by atoms with Crippen LogP contribution >= 0.6 is 0 Å². The minimum absolute atomic E-state index is 0.558. The van der Waals surface area contributed by atoms with Gasteiger partial charge < -0.3 is 4.74 Å². The summed E-state index contributed by atoms with van der Waals surface area (Å²) in [6.45, 7) is 1.97. The Hall–Kier alpha value is -0.120. The van der Waals surface area contributed by atoms with Crippen molar-refractivity contribution in [3.8, 4) is 0 Å². The topological polar surface area (TPSA) is 47.3 Å². The second kappa shape index (κ2) is 9.75. The highest BCUT2D eigenvalue weighted by molar-refractivity contribution is 4.77. The monoisotopic (exact) mass is 282 g/mol. The molecule has 0 aromatic rings. The van der Waals surface area contributed by atoms with Gasteiger partial charge in [0.25, 0.3) is 0 Å². The number of hydrogen-bond acceptors (Lipinski definition) is 3. The van der Waals surface area contributed by atoms with Gasteiger partial charge >= 0.3 is 0 Å². The number of unbranched alkanes of at least 4 members (excludes halogenated alkanes) is 1. The number of rotatable bonds is 7. The molecular weight excluding hydrogens is 248 g/mol. The predicted octanol–water partition coefficient (Wildman–Crippen LogP) is 3.78. The van der Waals surface area contributed by atoms with Crippen LogP contribution in [0.4, 0.5) is 0 Å². The Morgan fingerprint density at radius 2 is 1.65 bits per heavy atom. The van der Waals surface area contributed by atoms with Crippen molar-refractivity contribution in [2.45, 2.75) is 83.1 Å². The van der Waals surface area contributed by atoms with E-state index in [0.29, 0.717) is 6.04 Å². The van der Waals surface area contributed by atoms with Crippen LogP contribution in [0.2, 0.25) is 0 Å². The fraction of sp³-hybridized carbons (Fsp3) is 1.00. The van der Waals surface area contributed by atoms with Crippen LogP contribution in [0.5, 0.6) is 0 Å². The molecule has 3 nitrogen and oxygen atoms in total. The van der Waals surface area contributed by atoms with E-state index in [-0.39, 0.29) is 0 Å². The SMILES string of the molecule is NNC(CCCCC1CCOCC1)C1CCCCCC1. The second-order valence-electron chi connectivity index (χ2n) is 6.87. The standard InChI is InChI=1S/C17H34N2O/c18-19-17(16-8-3-1-2-4-9-16)10-6-5-7-15-11-13-20-14-12-15/h15-17,19H,1-14,18H2. The van der Waals surface area contributed by atoms with Gasteiger partial charge in [-0.1, -0.05) is 44.9 Å². The Labute approximate surface area is 125 Å². The van der Waals surface area contributed by atoms with Crippen molar-refractivity contribution in [1.82, 2.24) is 5.43 Å². The first-order valence-corrected chi connectivity index (χ1v) is 8.94. The molecule has 20 heavy (non-hydrogen) atoms. The molecule has 0 amide bonds. The second-order valence-corrected chi connectivity index (χ2v) is 6.87. The van der Waals surface area contributed by atoms with Gasteiger partial charge in [0.2, 0.25) is 0 Å². The van der Waals surface area contributed by atoms with E-state index < -0.39 is 0 Å². The van der Waals surface area contributed by atoms with Gasteiger partial charge in [-0.25, -0.2) is 0 Å². The molecule has 0 aromatic heterocycles. The molecule has 0 aromatic carbocycles. The normalized spacial score (nSPS) is 24.4. The summed E-state index contributed by atoms with van der Waals surface area (Å²) in [5, 5.41) is 0. The van der Waals surface area contributed by atoms with Gasteiger partial charge in [-0.2, -0.15) is 0 Å². The first kappa shape index (κ1) is 16.3. The van der Waals surface area contributed by atoms with Crippen LogP contribution < -0.4 is 11.3 Å². The summed E-state index contributed by atoms with van der Waals surface area (Å²) in [5.41, 5.74) is 3.12. The van der Waals surface area contributed by atoms with Gasteiger partial charge in [0.05, 0.1) is 0 Å². The molecular formula is C17H34N2O. The van der Waals surface area contributed by atoms with Crippen LogP contribution in [0.15, 0.2) is 0 Å². The highest BCUT2D eigenvalue weighted by atomic mass is 16.5. The minimum atomic E-state index is 0.558. The zero-order valence-corrected chi connectivity index (χ0v) is 13.1. The highest BCUT2D eigenvalue weighted by Gasteiger charge is 2.21. The van der Waals surface area contributed by atoms with Crippen LogP contribution in [-0.4, -0.2) is 19.3 Å². The molecule has 1 saturated heterocycles. The zero-order valence-electron chi connectivity index (χ0n) is 13.1. The van der Waals surface area contributed by atoms with E-state index in [1.54, 1.807) is 0 Å². The summed E-state index contributed by atoms with van der Waals surface area (Å²) >= 11 is 0. The number of ether oxygens (including phenoxy) is 1. The van der Waals surface area contributed by atoms with Gasteiger partial charge in [-0.05, 0) is 43.9 Å². The molecule has 1 aliphatic carbocycles. The lowest BCUT2D eigenvalue weighted by Gasteiger charge is -2.26. The largest absolute Gasteiger partial charge is 0.381 e. The van der Waals surface area contributed by atoms with Gasteiger partial charge in [0.1, 0.15) is 0 Å². The third-order valence-corrected chi connectivity index (χ3v) is 5.40. The molecule has 0 radical (unpaired) electrons. The van der Waals surface area contributed by atoms with Crippen LogP contribution in [-0.2, 0) is 4.74 Å². The lowest BCUT2D eigenvalue weighted by atomic mass is 9.87. The van der Waals surface area contributed by atoms with E-state index in [1.165, 1.54) is 77.0 Å². The maximum atomic E-state index is 5.81. The van der Waals surface area contributed by atoms with Crippen molar-refractivity contribution >= 4 is 0 Å². The number of hydrazine groups is 1. The molecule has 1 atom stereocenters. The summed E-state index contributed by atoms with van der Waals surface area (Å²) < 4.78 is 5.43.